The van der Waals surface area contributed by atoms with E-state index in [1.54, 1.807) is 48.5 Å². The second-order valence-electron chi connectivity index (χ2n) is 5.10. The second kappa shape index (κ2) is 6.20. The number of halogens is 1. The zero-order chi connectivity index (χ0) is 17.1. The van der Waals surface area contributed by atoms with Crippen LogP contribution in [0.2, 0.25) is 0 Å². The van der Waals surface area contributed by atoms with E-state index in [1.165, 1.54) is 6.07 Å². The number of nitriles is 2. The molecule has 0 radical (unpaired) electrons. The predicted molar refractivity (Wildman–Crippen MR) is 88.9 cm³/mol. The molecule has 114 valence electrons. The molecule has 0 amide bonds. The zero-order valence-electron chi connectivity index (χ0n) is 12.5. The number of nitrogens with two attached hydrogens (primary N) is 1. The Morgan fingerprint density at radius 1 is 0.917 bits per heavy atom. The number of pyridine rings is 1. The smallest absolute Gasteiger partial charge is 0.142 e. The summed E-state index contributed by atoms with van der Waals surface area (Å²) >= 11 is 0. The van der Waals surface area contributed by atoms with Gasteiger partial charge in [-0.15, -0.1) is 0 Å². The third kappa shape index (κ3) is 2.67. The van der Waals surface area contributed by atoms with Crippen LogP contribution in [0.1, 0.15) is 11.1 Å². The van der Waals surface area contributed by atoms with E-state index < -0.39 is 5.82 Å². The van der Waals surface area contributed by atoms with Gasteiger partial charge < -0.3 is 5.73 Å². The molecular weight excluding hydrogens is 303 g/mol. The number of hydrogen-bond acceptors (Lipinski definition) is 4. The van der Waals surface area contributed by atoms with E-state index in [9.17, 15) is 9.65 Å². The highest BCUT2D eigenvalue weighted by atomic mass is 19.1. The summed E-state index contributed by atoms with van der Waals surface area (Å²) in [5.74, 6) is -0.400. The van der Waals surface area contributed by atoms with E-state index in [-0.39, 0.29) is 16.9 Å². The van der Waals surface area contributed by atoms with Crippen molar-refractivity contribution in [2.75, 3.05) is 5.73 Å². The van der Waals surface area contributed by atoms with Gasteiger partial charge in [0.1, 0.15) is 23.3 Å². The standard InChI is InChI=1S/C19H11FN4/c20-17-4-2-1-3-14(17)15-9-18(24-19(23)16(15)11-22)13-7-5-12(10-21)6-8-13/h1-9H,(H2,23,24). The molecule has 0 fully saturated rings. The van der Waals surface area contributed by atoms with Crippen molar-refractivity contribution in [2.45, 2.75) is 0 Å². The van der Waals surface area contributed by atoms with Gasteiger partial charge in [-0.05, 0) is 24.3 Å². The fourth-order valence-corrected chi connectivity index (χ4v) is 2.44. The lowest BCUT2D eigenvalue weighted by molar-refractivity contribution is 0.631. The Balaban J connectivity index is 2.22. The van der Waals surface area contributed by atoms with Crippen molar-refractivity contribution >= 4 is 5.82 Å². The van der Waals surface area contributed by atoms with Gasteiger partial charge in [0.25, 0.3) is 0 Å². The molecule has 0 spiro atoms. The van der Waals surface area contributed by atoms with Crippen LogP contribution in [0.3, 0.4) is 0 Å². The lowest BCUT2D eigenvalue weighted by atomic mass is 9.98. The molecule has 1 aromatic heterocycles. The first-order chi connectivity index (χ1) is 11.6. The molecule has 0 bridgehead atoms. The van der Waals surface area contributed by atoms with Crippen LogP contribution >= 0.6 is 0 Å². The lowest BCUT2D eigenvalue weighted by Gasteiger charge is -2.11. The Bertz CT molecular complexity index is 995. The molecule has 24 heavy (non-hydrogen) atoms. The maximum Gasteiger partial charge on any atom is 0.142 e. The maximum absolute atomic E-state index is 14.1. The van der Waals surface area contributed by atoms with Gasteiger partial charge in [-0.3, -0.25) is 0 Å². The molecular formula is C19H11FN4. The number of hydrogen-bond donors (Lipinski definition) is 1. The van der Waals surface area contributed by atoms with Gasteiger partial charge in [-0.2, -0.15) is 10.5 Å². The van der Waals surface area contributed by atoms with Crippen molar-refractivity contribution < 1.29 is 4.39 Å². The zero-order valence-corrected chi connectivity index (χ0v) is 12.5. The van der Waals surface area contributed by atoms with Gasteiger partial charge in [-0.25, -0.2) is 9.37 Å². The van der Waals surface area contributed by atoms with E-state index in [0.29, 0.717) is 16.8 Å². The number of benzene rings is 2. The topological polar surface area (TPSA) is 86.5 Å². The number of anilines is 1. The normalized spacial score (nSPS) is 9.96. The van der Waals surface area contributed by atoms with E-state index in [1.807, 2.05) is 12.1 Å². The highest BCUT2D eigenvalue weighted by Gasteiger charge is 2.15. The lowest BCUT2D eigenvalue weighted by Crippen LogP contribution is -2.00. The molecule has 0 unspecified atom stereocenters. The van der Waals surface area contributed by atoms with Crippen LogP contribution in [0.15, 0.2) is 54.6 Å². The Kier molecular flexibility index (Phi) is 3.93. The fourth-order valence-electron chi connectivity index (χ4n) is 2.44. The molecule has 0 aliphatic carbocycles. The first kappa shape index (κ1) is 15.2. The van der Waals surface area contributed by atoms with Gasteiger partial charge in [0.05, 0.1) is 17.3 Å². The highest BCUT2D eigenvalue weighted by Crippen LogP contribution is 2.32. The first-order valence-electron chi connectivity index (χ1n) is 7.10. The Labute approximate surface area is 138 Å². The molecule has 4 nitrogen and oxygen atoms in total. The van der Waals surface area contributed by atoms with Crippen molar-refractivity contribution in [1.82, 2.24) is 4.98 Å². The molecule has 1 heterocycles. The summed E-state index contributed by atoms with van der Waals surface area (Å²) in [5.41, 5.74) is 8.48. The van der Waals surface area contributed by atoms with Crippen LogP contribution in [0.5, 0.6) is 0 Å². The largest absolute Gasteiger partial charge is 0.383 e. The molecule has 2 N–H and O–H groups in total. The van der Waals surface area contributed by atoms with Gasteiger partial charge in [0, 0.05) is 16.7 Å². The molecule has 5 heteroatoms. The number of aromatic nitrogens is 1. The third-order valence-corrected chi connectivity index (χ3v) is 3.63. The fraction of sp³-hybridized carbons (Fsp3) is 0. The van der Waals surface area contributed by atoms with Crippen LogP contribution in [0, 0.1) is 28.5 Å². The molecule has 0 atom stereocenters. The van der Waals surface area contributed by atoms with Crippen LogP contribution in [-0.2, 0) is 0 Å². The quantitative estimate of drug-likeness (QED) is 0.777. The van der Waals surface area contributed by atoms with Crippen LogP contribution < -0.4 is 5.73 Å². The Morgan fingerprint density at radius 2 is 1.62 bits per heavy atom. The summed E-state index contributed by atoms with van der Waals surface area (Å²) in [4.78, 5) is 4.24. The molecule has 2 aromatic carbocycles. The summed E-state index contributed by atoms with van der Waals surface area (Å²) in [6, 6.07) is 18.6. The molecule has 3 aromatic rings. The highest BCUT2D eigenvalue weighted by molar-refractivity contribution is 5.80. The van der Waals surface area contributed by atoms with Crippen molar-refractivity contribution in [3.63, 3.8) is 0 Å². The predicted octanol–water partition coefficient (Wildman–Crippen LogP) is 3.88. The molecule has 0 aliphatic heterocycles. The van der Waals surface area contributed by atoms with Gasteiger partial charge in [0.2, 0.25) is 0 Å². The Morgan fingerprint density at radius 3 is 2.25 bits per heavy atom. The third-order valence-electron chi connectivity index (χ3n) is 3.63. The van der Waals surface area contributed by atoms with E-state index >= 15 is 0 Å². The first-order valence-corrected chi connectivity index (χ1v) is 7.10. The van der Waals surface area contributed by atoms with Crippen molar-refractivity contribution in [1.29, 1.82) is 10.5 Å². The average Bonchev–Trinajstić information content (AvgIpc) is 2.61. The van der Waals surface area contributed by atoms with E-state index in [0.717, 1.165) is 5.56 Å². The SMILES string of the molecule is N#Cc1ccc(-c2cc(-c3ccccc3F)c(C#N)c(N)n2)cc1. The van der Waals surface area contributed by atoms with Gasteiger partial charge in [0.15, 0.2) is 0 Å². The minimum absolute atomic E-state index is 0.0395. The summed E-state index contributed by atoms with van der Waals surface area (Å²) in [6.07, 6.45) is 0. The van der Waals surface area contributed by atoms with Gasteiger partial charge >= 0.3 is 0 Å². The van der Waals surface area contributed by atoms with E-state index in [2.05, 4.69) is 4.98 Å². The number of nitrogens with zero attached hydrogens (tertiary/aromatic N) is 3. The second-order valence-corrected chi connectivity index (χ2v) is 5.10. The summed E-state index contributed by atoms with van der Waals surface area (Å²) in [7, 11) is 0. The maximum atomic E-state index is 14.1. The van der Waals surface area contributed by atoms with Crippen molar-refractivity contribution in [3.8, 4) is 34.5 Å². The monoisotopic (exact) mass is 314 g/mol. The number of rotatable bonds is 2. The van der Waals surface area contributed by atoms with Crippen LogP contribution in [0.25, 0.3) is 22.4 Å². The van der Waals surface area contributed by atoms with Crippen molar-refractivity contribution in [2.24, 2.45) is 0 Å². The number of nitrogen functional groups attached to an aromatic ring is 1. The summed E-state index contributed by atoms with van der Waals surface area (Å²) in [6.45, 7) is 0. The molecule has 0 aliphatic rings. The van der Waals surface area contributed by atoms with Gasteiger partial charge in [-0.1, -0.05) is 30.3 Å². The Hall–Kier alpha value is -3.70. The average molecular weight is 314 g/mol. The minimum atomic E-state index is -0.439. The minimum Gasteiger partial charge on any atom is -0.383 e. The van der Waals surface area contributed by atoms with Crippen molar-refractivity contribution in [3.05, 3.63) is 71.5 Å². The molecule has 3 rings (SSSR count). The molecule has 0 saturated heterocycles. The molecule has 0 saturated carbocycles. The summed E-state index contributed by atoms with van der Waals surface area (Å²) in [5, 5.41) is 18.2. The van der Waals surface area contributed by atoms with E-state index in [4.69, 9.17) is 11.0 Å². The summed E-state index contributed by atoms with van der Waals surface area (Å²) < 4.78 is 14.1. The van der Waals surface area contributed by atoms with Crippen LogP contribution in [0.4, 0.5) is 10.2 Å². The van der Waals surface area contributed by atoms with Crippen LogP contribution in [-0.4, -0.2) is 4.98 Å².